The summed E-state index contributed by atoms with van der Waals surface area (Å²) in [4.78, 5) is 10.9. The first kappa shape index (κ1) is 15.4. The molecule has 0 radical (unpaired) electrons. The molecular weight excluding hydrogens is 283 g/mol. The van der Waals surface area contributed by atoms with E-state index in [9.17, 15) is 18.0 Å². The second-order valence-electron chi connectivity index (χ2n) is 5.11. The number of hydrogen-bond acceptors (Lipinski definition) is 1. The van der Waals surface area contributed by atoms with Crippen LogP contribution in [0.1, 0.15) is 25.0 Å². The molecule has 1 heterocycles. The van der Waals surface area contributed by atoms with E-state index in [2.05, 4.69) is 0 Å². The lowest BCUT2D eigenvalue weighted by atomic mass is 10.0. The summed E-state index contributed by atoms with van der Waals surface area (Å²) in [7, 11) is 0. The molecule has 0 aliphatic heterocycles. The molecular formula is C15H16F3NO2. The maximum Gasteiger partial charge on any atom is 0.416 e. The van der Waals surface area contributed by atoms with Crippen LogP contribution in [0, 0.1) is 5.92 Å². The summed E-state index contributed by atoms with van der Waals surface area (Å²) in [5.41, 5.74) is 0.552. The van der Waals surface area contributed by atoms with Crippen LogP contribution in [0.5, 0.6) is 0 Å². The molecule has 1 N–H and O–H groups in total. The highest BCUT2D eigenvalue weighted by molar-refractivity contribution is 5.85. The van der Waals surface area contributed by atoms with Gasteiger partial charge < -0.3 is 9.67 Å². The quantitative estimate of drug-likeness (QED) is 0.929. The number of aliphatic carboxylic acids is 1. The van der Waals surface area contributed by atoms with Crippen LogP contribution in [0.15, 0.2) is 24.4 Å². The molecule has 0 aliphatic rings. The van der Waals surface area contributed by atoms with E-state index in [1.54, 1.807) is 17.7 Å². The summed E-state index contributed by atoms with van der Waals surface area (Å²) < 4.78 is 40.1. The van der Waals surface area contributed by atoms with E-state index in [4.69, 9.17) is 5.11 Å². The van der Waals surface area contributed by atoms with E-state index in [-0.39, 0.29) is 0 Å². The average molecular weight is 299 g/mol. The van der Waals surface area contributed by atoms with Crippen molar-refractivity contribution >= 4 is 16.9 Å². The number of carbonyl (C=O) groups is 1. The standard InChI is InChI=1S/C15H16F3NO2/c1-3-19-8-10(6-9(2)14(20)21)12-5-4-11(7-13(12)19)15(16,17)18/h4-5,7-9H,3,6H2,1-2H3,(H,20,21). The number of carboxylic acid groups (broad SMARTS) is 1. The summed E-state index contributed by atoms with van der Waals surface area (Å²) in [5, 5.41) is 9.65. The van der Waals surface area contributed by atoms with E-state index in [0.717, 1.165) is 17.7 Å². The van der Waals surface area contributed by atoms with Gasteiger partial charge in [-0.3, -0.25) is 4.79 Å². The number of hydrogen-bond donors (Lipinski definition) is 1. The molecule has 114 valence electrons. The van der Waals surface area contributed by atoms with Gasteiger partial charge in [-0.15, -0.1) is 0 Å². The molecule has 1 aromatic carbocycles. The van der Waals surface area contributed by atoms with Gasteiger partial charge in [0.05, 0.1) is 11.5 Å². The van der Waals surface area contributed by atoms with Crippen molar-refractivity contribution in [2.75, 3.05) is 0 Å². The lowest BCUT2D eigenvalue weighted by molar-refractivity contribution is -0.141. The number of fused-ring (bicyclic) bond motifs is 1. The molecule has 0 saturated heterocycles. The molecule has 0 aliphatic carbocycles. The van der Waals surface area contributed by atoms with Crippen molar-refractivity contribution in [1.82, 2.24) is 4.57 Å². The Labute approximate surface area is 120 Å². The molecule has 0 fully saturated rings. The van der Waals surface area contributed by atoms with Gasteiger partial charge in [-0.25, -0.2) is 0 Å². The number of rotatable bonds is 4. The Morgan fingerprint density at radius 1 is 1.38 bits per heavy atom. The van der Waals surface area contributed by atoms with Crippen molar-refractivity contribution in [2.24, 2.45) is 5.92 Å². The molecule has 0 saturated carbocycles. The fourth-order valence-electron chi connectivity index (χ4n) is 2.39. The smallest absolute Gasteiger partial charge is 0.416 e. The van der Waals surface area contributed by atoms with Crippen LogP contribution < -0.4 is 0 Å². The summed E-state index contributed by atoms with van der Waals surface area (Å²) in [5.74, 6) is -1.50. The van der Waals surface area contributed by atoms with Crippen molar-refractivity contribution in [3.8, 4) is 0 Å². The number of alkyl halides is 3. The van der Waals surface area contributed by atoms with Crippen LogP contribution in [0.3, 0.4) is 0 Å². The Morgan fingerprint density at radius 2 is 2.05 bits per heavy atom. The van der Waals surface area contributed by atoms with Crippen molar-refractivity contribution in [3.63, 3.8) is 0 Å². The topological polar surface area (TPSA) is 42.2 Å². The summed E-state index contributed by atoms with van der Waals surface area (Å²) in [6, 6.07) is 3.58. The highest BCUT2D eigenvalue weighted by atomic mass is 19.4. The second kappa shape index (κ2) is 5.42. The lowest BCUT2D eigenvalue weighted by Gasteiger charge is -2.08. The maximum atomic E-state index is 12.8. The molecule has 1 aromatic heterocycles. The van der Waals surface area contributed by atoms with Gasteiger partial charge in [0.2, 0.25) is 0 Å². The molecule has 21 heavy (non-hydrogen) atoms. The van der Waals surface area contributed by atoms with Crippen LogP contribution in [-0.4, -0.2) is 15.6 Å². The van der Waals surface area contributed by atoms with E-state index in [1.807, 2.05) is 6.92 Å². The Balaban J connectivity index is 2.52. The maximum absolute atomic E-state index is 12.8. The lowest BCUT2D eigenvalue weighted by Crippen LogP contribution is -2.12. The van der Waals surface area contributed by atoms with Crippen molar-refractivity contribution in [2.45, 2.75) is 33.0 Å². The van der Waals surface area contributed by atoms with Gasteiger partial charge in [0.1, 0.15) is 0 Å². The largest absolute Gasteiger partial charge is 0.481 e. The molecule has 0 amide bonds. The number of benzene rings is 1. The van der Waals surface area contributed by atoms with Crippen LogP contribution in [0.25, 0.3) is 10.9 Å². The van der Waals surface area contributed by atoms with Crippen molar-refractivity contribution in [3.05, 3.63) is 35.5 Å². The van der Waals surface area contributed by atoms with E-state index in [0.29, 0.717) is 23.9 Å². The highest BCUT2D eigenvalue weighted by Crippen LogP contribution is 2.33. The fourth-order valence-corrected chi connectivity index (χ4v) is 2.39. The van der Waals surface area contributed by atoms with Gasteiger partial charge in [-0.1, -0.05) is 13.0 Å². The molecule has 3 nitrogen and oxygen atoms in total. The highest BCUT2D eigenvalue weighted by Gasteiger charge is 2.31. The number of carboxylic acids is 1. The zero-order valence-corrected chi connectivity index (χ0v) is 11.7. The first-order valence-electron chi connectivity index (χ1n) is 6.65. The molecule has 0 spiro atoms. The number of aryl methyl sites for hydroxylation is 1. The minimum absolute atomic E-state index is 0.296. The first-order valence-corrected chi connectivity index (χ1v) is 6.65. The van der Waals surface area contributed by atoms with Gasteiger partial charge in [-0.2, -0.15) is 13.2 Å². The molecule has 6 heteroatoms. The predicted octanol–water partition coefficient (Wildman–Crippen LogP) is 3.94. The molecule has 2 rings (SSSR count). The van der Waals surface area contributed by atoms with E-state index < -0.39 is 23.6 Å². The number of aromatic nitrogens is 1. The van der Waals surface area contributed by atoms with E-state index >= 15 is 0 Å². The first-order chi connectivity index (χ1) is 9.74. The minimum atomic E-state index is -4.38. The fraction of sp³-hybridized carbons (Fsp3) is 0.400. The third-order valence-electron chi connectivity index (χ3n) is 3.58. The molecule has 2 aromatic rings. The number of halogens is 3. The zero-order valence-electron chi connectivity index (χ0n) is 11.7. The molecule has 1 atom stereocenters. The Morgan fingerprint density at radius 3 is 2.57 bits per heavy atom. The van der Waals surface area contributed by atoms with Crippen molar-refractivity contribution in [1.29, 1.82) is 0 Å². The Hall–Kier alpha value is -1.98. The predicted molar refractivity (Wildman–Crippen MR) is 73.1 cm³/mol. The molecule has 0 bridgehead atoms. The second-order valence-corrected chi connectivity index (χ2v) is 5.11. The zero-order chi connectivity index (χ0) is 15.8. The third-order valence-corrected chi connectivity index (χ3v) is 3.58. The summed E-state index contributed by atoms with van der Waals surface area (Å²) in [6.07, 6.45) is -2.35. The van der Waals surface area contributed by atoms with Crippen LogP contribution in [0.2, 0.25) is 0 Å². The summed E-state index contributed by atoms with van der Waals surface area (Å²) >= 11 is 0. The Bertz CT molecular complexity index is 673. The monoisotopic (exact) mass is 299 g/mol. The van der Waals surface area contributed by atoms with Crippen molar-refractivity contribution < 1.29 is 23.1 Å². The minimum Gasteiger partial charge on any atom is -0.481 e. The van der Waals surface area contributed by atoms with E-state index in [1.165, 1.54) is 6.07 Å². The number of nitrogens with zero attached hydrogens (tertiary/aromatic N) is 1. The van der Waals surface area contributed by atoms with Crippen LogP contribution >= 0.6 is 0 Å². The normalized spacial score (nSPS) is 13.6. The van der Waals surface area contributed by atoms with Gasteiger partial charge in [0.25, 0.3) is 0 Å². The van der Waals surface area contributed by atoms with Gasteiger partial charge >= 0.3 is 12.1 Å². The average Bonchev–Trinajstić information content (AvgIpc) is 2.75. The SMILES string of the molecule is CCn1cc(CC(C)C(=O)O)c2ccc(C(F)(F)F)cc21. The molecule has 1 unspecified atom stereocenters. The van der Waals surface area contributed by atoms with Gasteiger partial charge in [0.15, 0.2) is 0 Å². The van der Waals surface area contributed by atoms with Crippen LogP contribution in [0.4, 0.5) is 13.2 Å². The van der Waals surface area contributed by atoms with Crippen LogP contribution in [-0.2, 0) is 23.9 Å². The Kier molecular flexibility index (Phi) is 3.98. The van der Waals surface area contributed by atoms with Gasteiger partial charge in [-0.05, 0) is 31.0 Å². The third kappa shape index (κ3) is 3.04. The summed E-state index contributed by atoms with van der Waals surface area (Å²) in [6.45, 7) is 3.95. The van der Waals surface area contributed by atoms with Gasteiger partial charge in [0, 0.05) is 23.6 Å².